The summed E-state index contributed by atoms with van der Waals surface area (Å²) in [5, 5.41) is 1.79. The number of hydrogen-bond acceptors (Lipinski definition) is 5. The normalized spacial score (nSPS) is 11.5. The maximum absolute atomic E-state index is 13.3. The smallest absolute Gasteiger partial charge is 0.262 e. The van der Waals surface area contributed by atoms with Crippen LogP contribution in [0.15, 0.2) is 70.9 Å². The molecule has 4 aromatic rings. The van der Waals surface area contributed by atoms with Crippen molar-refractivity contribution in [3.63, 3.8) is 0 Å². The Morgan fingerprint density at radius 1 is 1.15 bits per heavy atom. The largest absolute Gasteiger partial charge is 0.379 e. The molecule has 6 nitrogen and oxygen atoms in total. The second-order valence-corrected chi connectivity index (χ2v) is 9.41. The third-order valence-electron chi connectivity index (χ3n) is 5.19. The summed E-state index contributed by atoms with van der Waals surface area (Å²) >= 11 is 7.68. The first kappa shape index (κ1) is 23.5. The first-order valence-corrected chi connectivity index (χ1v) is 12.4. The average Bonchev–Trinajstić information content (AvgIpc) is 3.23. The highest BCUT2D eigenvalue weighted by molar-refractivity contribution is 7.98. The van der Waals surface area contributed by atoms with Crippen molar-refractivity contribution in [2.24, 2.45) is 0 Å². The van der Waals surface area contributed by atoms with Gasteiger partial charge in [0.25, 0.3) is 5.56 Å². The van der Waals surface area contributed by atoms with E-state index in [2.05, 4.69) is 21.7 Å². The number of thioether (sulfide) groups is 1. The van der Waals surface area contributed by atoms with E-state index in [0.717, 1.165) is 18.8 Å². The summed E-state index contributed by atoms with van der Waals surface area (Å²) in [6, 6.07) is 15.5. The lowest BCUT2D eigenvalue weighted by molar-refractivity contribution is 0.0743. The van der Waals surface area contributed by atoms with Crippen molar-refractivity contribution in [2.45, 2.75) is 50.4 Å². The monoisotopic (exact) mass is 482 g/mol. The summed E-state index contributed by atoms with van der Waals surface area (Å²) in [6.07, 6.45) is 4.68. The van der Waals surface area contributed by atoms with Crippen LogP contribution in [-0.2, 0) is 23.6 Å². The highest BCUT2D eigenvalue weighted by Crippen LogP contribution is 2.24. The number of nitrogens with zero attached hydrogens (tertiary/aromatic N) is 4. The van der Waals surface area contributed by atoms with Gasteiger partial charge in [-0.3, -0.25) is 9.36 Å². The lowest BCUT2D eigenvalue weighted by Crippen LogP contribution is -2.24. The number of fused-ring (bicyclic) bond motifs is 1. The molecule has 8 heteroatoms. The Hall–Kier alpha value is -2.61. The van der Waals surface area contributed by atoms with Crippen molar-refractivity contribution in [3.05, 3.63) is 87.7 Å². The maximum Gasteiger partial charge on any atom is 0.262 e. The Bertz CT molecular complexity index is 1270. The molecule has 2 aromatic heterocycles. The number of aromatic nitrogens is 4. The molecule has 0 saturated carbocycles. The van der Waals surface area contributed by atoms with E-state index in [0.29, 0.717) is 40.0 Å². The molecule has 2 aromatic carbocycles. The van der Waals surface area contributed by atoms with Gasteiger partial charge >= 0.3 is 0 Å². The van der Waals surface area contributed by atoms with Crippen LogP contribution in [0.25, 0.3) is 10.9 Å². The number of rotatable bonds is 10. The number of hydrogen-bond donors (Lipinski definition) is 0. The zero-order valence-electron chi connectivity index (χ0n) is 18.8. The molecule has 0 fully saturated rings. The van der Waals surface area contributed by atoms with E-state index in [4.69, 9.17) is 21.3 Å². The lowest BCUT2D eigenvalue weighted by Gasteiger charge is -2.14. The minimum atomic E-state index is -0.0589. The zero-order valence-corrected chi connectivity index (χ0v) is 20.4. The van der Waals surface area contributed by atoms with Crippen molar-refractivity contribution >= 4 is 34.3 Å². The third-order valence-corrected chi connectivity index (χ3v) is 6.39. The van der Waals surface area contributed by atoms with Crippen LogP contribution in [0.1, 0.15) is 31.7 Å². The van der Waals surface area contributed by atoms with Gasteiger partial charge < -0.3 is 9.30 Å². The summed E-state index contributed by atoms with van der Waals surface area (Å²) in [6.45, 7) is 5.89. The third kappa shape index (κ3) is 6.05. The fourth-order valence-corrected chi connectivity index (χ4v) is 4.71. The van der Waals surface area contributed by atoms with E-state index in [-0.39, 0.29) is 11.7 Å². The summed E-state index contributed by atoms with van der Waals surface area (Å²) in [5.74, 6) is 1.53. The number of ether oxygens (including phenoxy) is 1. The Morgan fingerprint density at radius 3 is 2.76 bits per heavy atom. The summed E-state index contributed by atoms with van der Waals surface area (Å²) < 4.78 is 9.53. The second-order valence-electron chi connectivity index (χ2n) is 8.03. The molecule has 0 aliphatic rings. The van der Waals surface area contributed by atoms with Crippen molar-refractivity contribution in [2.75, 3.05) is 6.61 Å². The molecule has 172 valence electrons. The number of benzene rings is 2. The van der Waals surface area contributed by atoms with Crippen LogP contribution in [0, 0.1) is 0 Å². The molecule has 0 unspecified atom stereocenters. The Morgan fingerprint density at radius 2 is 1.97 bits per heavy atom. The van der Waals surface area contributed by atoms with E-state index in [1.54, 1.807) is 22.8 Å². The van der Waals surface area contributed by atoms with Crippen molar-refractivity contribution in [1.29, 1.82) is 0 Å². The van der Waals surface area contributed by atoms with Gasteiger partial charge in [-0.05, 0) is 44.0 Å². The van der Waals surface area contributed by atoms with E-state index in [1.165, 1.54) is 17.3 Å². The van der Waals surface area contributed by atoms with Crippen LogP contribution >= 0.6 is 23.4 Å². The predicted octanol–water partition coefficient (Wildman–Crippen LogP) is 5.40. The Kier molecular flexibility index (Phi) is 7.85. The molecule has 33 heavy (non-hydrogen) atoms. The number of halogens is 1. The molecular weight excluding hydrogens is 456 g/mol. The van der Waals surface area contributed by atoms with Gasteiger partial charge in [0.2, 0.25) is 0 Å². The summed E-state index contributed by atoms with van der Waals surface area (Å²) in [5.41, 5.74) is 1.76. The fourth-order valence-electron chi connectivity index (χ4n) is 3.56. The van der Waals surface area contributed by atoms with Crippen molar-refractivity contribution in [3.8, 4) is 0 Å². The molecule has 0 radical (unpaired) electrons. The van der Waals surface area contributed by atoms with Crippen LogP contribution in [0.3, 0.4) is 0 Å². The van der Waals surface area contributed by atoms with Gasteiger partial charge in [-0.15, -0.1) is 0 Å². The van der Waals surface area contributed by atoms with Gasteiger partial charge in [-0.1, -0.05) is 53.7 Å². The molecule has 0 aliphatic heterocycles. The first-order chi connectivity index (χ1) is 16.0. The molecule has 0 spiro atoms. The van der Waals surface area contributed by atoms with Gasteiger partial charge in [-0.25, -0.2) is 9.97 Å². The van der Waals surface area contributed by atoms with E-state index >= 15 is 0 Å². The molecule has 2 heterocycles. The standard InChI is InChI=1S/C25H27ClN4O2S/c1-18(2)32-14-6-12-30-24(31)21-10-9-20(26)15-22(21)28-25(30)33-17-23-27-11-13-29(23)16-19-7-4-3-5-8-19/h3-5,7-11,13,15,18H,6,12,14,16-17H2,1-2H3. The topological polar surface area (TPSA) is 61.9 Å². The van der Waals surface area contributed by atoms with Gasteiger partial charge in [0.05, 0.1) is 22.8 Å². The molecule has 0 amide bonds. The first-order valence-electron chi connectivity index (χ1n) is 11.0. The van der Waals surface area contributed by atoms with Gasteiger partial charge in [0.15, 0.2) is 5.16 Å². The molecule has 4 rings (SSSR count). The minimum Gasteiger partial charge on any atom is -0.379 e. The van der Waals surface area contributed by atoms with Crippen molar-refractivity contribution < 1.29 is 4.74 Å². The average molecular weight is 483 g/mol. The Labute approximate surface area is 202 Å². The zero-order chi connectivity index (χ0) is 23.2. The van der Waals surface area contributed by atoms with E-state index in [1.807, 2.05) is 44.4 Å². The summed E-state index contributed by atoms with van der Waals surface area (Å²) in [7, 11) is 0. The molecule has 0 atom stereocenters. The van der Waals surface area contributed by atoms with Gasteiger partial charge in [0.1, 0.15) is 5.82 Å². The number of imidazole rings is 1. The predicted molar refractivity (Wildman–Crippen MR) is 134 cm³/mol. The maximum atomic E-state index is 13.3. The SMILES string of the molecule is CC(C)OCCCn1c(SCc2nccn2Cc2ccccc2)nc2cc(Cl)ccc2c1=O. The van der Waals surface area contributed by atoms with E-state index < -0.39 is 0 Å². The summed E-state index contributed by atoms with van der Waals surface area (Å²) in [4.78, 5) is 22.6. The highest BCUT2D eigenvalue weighted by atomic mass is 35.5. The fraction of sp³-hybridized carbons (Fsp3) is 0.320. The van der Waals surface area contributed by atoms with Crippen LogP contribution in [0.5, 0.6) is 0 Å². The van der Waals surface area contributed by atoms with E-state index in [9.17, 15) is 4.79 Å². The van der Waals surface area contributed by atoms with Gasteiger partial charge in [0, 0.05) is 37.1 Å². The van der Waals surface area contributed by atoms with Crippen LogP contribution in [-0.4, -0.2) is 31.8 Å². The molecule has 0 N–H and O–H groups in total. The Balaban J connectivity index is 1.58. The molecular formula is C25H27ClN4O2S. The van der Waals surface area contributed by atoms with Crippen LogP contribution in [0.4, 0.5) is 0 Å². The van der Waals surface area contributed by atoms with Crippen LogP contribution in [0.2, 0.25) is 5.02 Å². The minimum absolute atomic E-state index is 0.0589. The molecule has 0 aliphatic carbocycles. The second kappa shape index (κ2) is 11.0. The molecule has 0 saturated heterocycles. The quantitative estimate of drug-likeness (QED) is 0.172. The lowest BCUT2D eigenvalue weighted by atomic mass is 10.2. The van der Waals surface area contributed by atoms with Crippen LogP contribution < -0.4 is 5.56 Å². The highest BCUT2D eigenvalue weighted by Gasteiger charge is 2.14. The molecule has 0 bridgehead atoms. The van der Waals surface area contributed by atoms with Crippen molar-refractivity contribution in [1.82, 2.24) is 19.1 Å². The van der Waals surface area contributed by atoms with Gasteiger partial charge in [-0.2, -0.15) is 0 Å².